The normalized spacial score (nSPS) is 18.0. The maximum Gasteiger partial charge on any atom is 0.337 e. The second-order valence-electron chi connectivity index (χ2n) is 10.0. The standard InChI is InChI=1S/C13H16ClNO2.C12H14ClNO2.C5H10O.H2O2/c1-17-13(16)10-5-6-12(11(14)9-10)15-7-3-2-4-8-15;13-10-8-9(12(15)16)4-5-11(10)14-6-2-1-3-7-14;1-5-3-2-4-6-5;1-2/h5-6,9H,2-4,7-8H2,1H3;4-5,8H,1-3,6-7H2,(H,15,16);5H,2-4H2,1H3;1-2H. The summed E-state index contributed by atoms with van der Waals surface area (Å²) < 4.78 is 9.82. The lowest BCUT2D eigenvalue weighted by molar-refractivity contribution is -0.176. The van der Waals surface area contributed by atoms with E-state index in [1.807, 2.05) is 6.07 Å². The molecule has 5 rings (SSSR count). The van der Waals surface area contributed by atoms with Crippen molar-refractivity contribution in [3.8, 4) is 0 Å². The number of rotatable bonds is 4. The molecule has 2 aromatic carbocycles. The van der Waals surface area contributed by atoms with E-state index < -0.39 is 5.97 Å². The number of methoxy groups -OCH3 is 1. The second kappa shape index (κ2) is 18.8. The molecule has 41 heavy (non-hydrogen) atoms. The molecule has 0 aliphatic carbocycles. The molecule has 3 aliphatic heterocycles. The minimum Gasteiger partial charge on any atom is -0.478 e. The third-order valence-corrected chi connectivity index (χ3v) is 7.72. The Morgan fingerprint density at radius 3 is 1.61 bits per heavy atom. The summed E-state index contributed by atoms with van der Waals surface area (Å²) in [7, 11) is 1.37. The number of hydrogen-bond donors (Lipinski definition) is 3. The van der Waals surface area contributed by atoms with Gasteiger partial charge in [-0.15, -0.1) is 0 Å². The predicted octanol–water partition coefficient (Wildman–Crippen LogP) is 7.35. The molecule has 0 aromatic heterocycles. The SMILES string of the molecule is CC1CCCO1.COC(=O)c1ccc(N2CCCCC2)c(Cl)c1.O=C(O)c1ccc(N2CCCCC2)c(Cl)c1.OO. The second-order valence-corrected chi connectivity index (χ2v) is 10.9. The van der Waals surface area contributed by atoms with Crippen molar-refractivity contribution < 1.29 is 34.7 Å². The van der Waals surface area contributed by atoms with Gasteiger partial charge >= 0.3 is 11.9 Å². The number of piperidine rings is 2. The van der Waals surface area contributed by atoms with Gasteiger partial charge in [0.1, 0.15) is 0 Å². The summed E-state index contributed by atoms with van der Waals surface area (Å²) in [6.45, 7) is 7.20. The van der Waals surface area contributed by atoms with Crippen molar-refractivity contribution in [3.05, 3.63) is 57.6 Å². The minimum atomic E-state index is -0.938. The molecule has 3 aliphatic rings. The molecule has 0 spiro atoms. The van der Waals surface area contributed by atoms with Gasteiger partial charge in [0.15, 0.2) is 0 Å². The molecule has 3 heterocycles. The molecule has 3 fully saturated rings. The largest absolute Gasteiger partial charge is 0.478 e. The van der Waals surface area contributed by atoms with Crippen molar-refractivity contribution in [2.45, 2.75) is 64.4 Å². The summed E-state index contributed by atoms with van der Waals surface area (Å²) in [6.07, 6.45) is 10.4. The zero-order valence-electron chi connectivity index (χ0n) is 23.9. The highest BCUT2D eigenvalue weighted by Gasteiger charge is 2.17. The highest BCUT2D eigenvalue weighted by molar-refractivity contribution is 6.34. The van der Waals surface area contributed by atoms with Crippen LogP contribution in [-0.2, 0) is 9.47 Å². The number of carbonyl (C=O) groups is 2. The Morgan fingerprint density at radius 2 is 1.27 bits per heavy atom. The topological polar surface area (TPSA) is 120 Å². The van der Waals surface area contributed by atoms with Crippen LogP contribution in [0.3, 0.4) is 0 Å². The van der Waals surface area contributed by atoms with Gasteiger partial charge < -0.3 is 24.4 Å². The quantitative estimate of drug-likeness (QED) is 0.185. The maximum absolute atomic E-state index is 11.4. The van der Waals surface area contributed by atoms with Crippen LogP contribution in [0.25, 0.3) is 0 Å². The Morgan fingerprint density at radius 1 is 0.805 bits per heavy atom. The van der Waals surface area contributed by atoms with Gasteiger partial charge in [-0.1, -0.05) is 23.2 Å². The van der Waals surface area contributed by atoms with Gasteiger partial charge in [0.25, 0.3) is 0 Å². The summed E-state index contributed by atoms with van der Waals surface area (Å²) in [4.78, 5) is 26.6. The average molecular weight is 614 g/mol. The summed E-state index contributed by atoms with van der Waals surface area (Å²) >= 11 is 12.3. The van der Waals surface area contributed by atoms with E-state index >= 15 is 0 Å². The Kier molecular flexibility index (Phi) is 15.9. The van der Waals surface area contributed by atoms with Crippen molar-refractivity contribution in [1.29, 1.82) is 0 Å². The fourth-order valence-electron chi connectivity index (χ4n) is 4.91. The van der Waals surface area contributed by atoms with E-state index in [1.54, 1.807) is 24.3 Å². The van der Waals surface area contributed by atoms with Gasteiger partial charge in [-0.2, -0.15) is 0 Å². The lowest BCUT2D eigenvalue weighted by Gasteiger charge is -2.29. The third kappa shape index (κ3) is 11.3. The van der Waals surface area contributed by atoms with Crippen molar-refractivity contribution in [3.63, 3.8) is 0 Å². The molecule has 228 valence electrons. The number of esters is 1. The van der Waals surface area contributed by atoms with E-state index in [9.17, 15) is 9.59 Å². The van der Waals surface area contributed by atoms with Gasteiger partial charge in [-0.25, -0.2) is 9.59 Å². The van der Waals surface area contributed by atoms with Crippen LogP contribution in [0.2, 0.25) is 10.0 Å². The van der Waals surface area contributed by atoms with E-state index in [1.165, 1.54) is 64.5 Å². The highest BCUT2D eigenvalue weighted by atomic mass is 35.5. The lowest BCUT2D eigenvalue weighted by atomic mass is 10.1. The number of anilines is 2. The van der Waals surface area contributed by atoms with Gasteiger partial charge in [-0.05, 0) is 94.7 Å². The van der Waals surface area contributed by atoms with Crippen molar-refractivity contribution in [2.75, 3.05) is 49.7 Å². The minimum absolute atomic E-state index is 0.241. The number of nitrogens with zero attached hydrogens (tertiary/aromatic N) is 2. The van der Waals surface area contributed by atoms with Crippen molar-refractivity contribution in [2.24, 2.45) is 0 Å². The van der Waals surface area contributed by atoms with Crippen LogP contribution >= 0.6 is 23.2 Å². The molecule has 3 N–H and O–H groups in total. The number of carboxylic acids is 1. The lowest BCUT2D eigenvalue weighted by Crippen LogP contribution is -2.29. The zero-order chi connectivity index (χ0) is 30.2. The third-order valence-electron chi connectivity index (χ3n) is 7.11. The summed E-state index contributed by atoms with van der Waals surface area (Å²) in [5.41, 5.74) is 2.70. The fraction of sp³-hybridized carbons (Fsp3) is 0.533. The van der Waals surface area contributed by atoms with E-state index in [-0.39, 0.29) is 11.5 Å². The molecule has 3 saturated heterocycles. The van der Waals surface area contributed by atoms with Gasteiger partial charge in [0.05, 0.1) is 45.8 Å². The molecule has 0 bridgehead atoms. The van der Waals surface area contributed by atoms with Crippen LogP contribution in [0.5, 0.6) is 0 Å². The highest BCUT2D eigenvalue weighted by Crippen LogP contribution is 2.30. The Labute approximate surface area is 252 Å². The number of benzene rings is 2. The molecule has 0 amide bonds. The van der Waals surface area contributed by atoms with Gasteiger partial charge in [0.2, 0.25) is 0 Å². The van der Waals surface area contributed by atoms with Crippen LogP contribution in [0.1, 0.15) is 79.0 Å². The van der Waals surface area contributed by atoms with Gasteiger partial charge in [-0.3, -0.25) is 10.5 Å². The van der Waals surface area contributed by atoms with Crippen LogP contribution in [0.15, 0.2) is 36.4 Å². The molecule has 1 unspecified atom stereocenters. The summed E-state index contributed by atoms with van der Waals surface area (Å²) in [5, 5.41) is 22.0. The number of ether oxygens (including phenoxy) is 2. The van der Waals surface area contributed by atoms with Crippen LogP contribution < -0.4 is 9.80 Å². The number of halogens is 2. The molecule has 11 heteroatoms. The predicted molar refractivity (Wildman–Crippen MR) is 163 cm³/mol. The zero-order valence-corrected chi connectivity index (χ0v) is 25.4. The van der Waals surface area contributed by atoms with E-state index in [0.717, 1.165) is 44.2 Å². The first-order valence-corrected chi connectivity index (χ1v) is 14.8. The fourth-order valence-corrected chi connectivity index (χ4v) is 5.51. The summed E-state index contributed by atoms with van der Waals surface area (Å²) in [6, 6.07) is 10.3. The van der Waals surface area contributed by atoms with Crippen molar-refractivity contribution in [1.82, 2.24) is 0 Å². The first kappa shape index (κ1) is 34.6. The smallest absolute Gasteiger partial charge is 0.337 e. The molecular formula is C30H42Cl2N2O7. The number of carboxylic acid groups (broad SMARTS) is 1. The summed E-state index contributed by atoms with van der Waals surface area (Å²) in [5.74, 6) is -1.29. The van der Waals surface area contributed by atoms with E-state index in [0.29, 0.717) is 21.7 Å². The number of hydrogen-bond acceptors (Lipinski definition) is 8. The Balaban J connectivity index is 0.000000228. The molecular weight excluding hydrogens is 571 g/mol. The van der Waals surface area contributed by atoms with Gasteiger partial charge in [0, 0.05) is 32.8 Å². The monoisotopic (exact) mass is 612 g/mol. The molecule has 1 atom stereocenters. The van der Waals surface area contributed by atoms with Crippen LogP contribution in [-0.4, -0.2) is 73.6 Å². The van der Waals surface area contributed by atoms with E-state index in [2.05, 4.69) is 21.5 Å². The maximum atomic E-state index is 11.4. The number of aromatic carboxylic acids is 1. The first-order valence-electron chi connectivity index (χ1n) is 14.0. The Hall–Kier alpha value is -2.56. The molecule has 2 aromatic rings. The Bertz CT molecular complexity index is 1080. The van der Waals surface area contributed by atoms with Crippen LogP contribution in [0, 0.1) is 0 Å². The molecule has 9 nitrogen and oxygen atoms in total. The van der Waals surface area contributed by atoms with Crippen molar-refractivity contribution >= 4 is 46.5 Å². The molecule has 0 saturated carbocycles. The van der Waals surface area contributed by atoms with Crippen LogP contribution in [0.4, 0.5) is 11.4 Å². The number of carbonyl (C=O) groups excluding carboxylic acids is 1. The first-order chi connectivity index (χ1) is 19.8. The average Bonchev–Trinajstić information content (AvgIpc) is 3.50. The molecule has 0 radical (unpaired) electrons. The van der Waals surface area contributed by atoms with E-state index in [4.69, 9.17) is 43.6 Å².